The van der Waals surface area contributed by atoms with Crippen molar-refractivity contribution < 1.29 is 9.32 Å². The number of anilines is 1. The summed E-state index contributed by atoms with van der Waals surface area (Å²) in [4.78, 5) is 15.3. The minimum Gasteiger partial charge on any atom is -0.375 e. The molecule has 1 amide bonds. The average Bonchev–Trinajstić information content (AvgIpc) is 2.84. The Labute approximate surface area is 89.1 Å². The zero-order valence-corrected chi connectivity index (χ0v) is 8.45. The molecule has 0 radical (unpaired) electrons. The van der Waals surface area contributed by atoms with Crippen molar-refractivity contribution in [3.05, 3.63) is 29.1 Å². The van der Waals surface area contributed by atoms with Crippen molar-refractivity contribution >= 4 is 22.4 Å². The molecule has 2 aromatic heterocycles. The summed E-state index contributed by atoms with van der Waals surface area (Å²) < 4.78 is 4.82. The molecule has 15 heavy (non-hydrogen) atoms. The van der Waals surface area contributed by atoms with Crippen LogP contribution in [-0.4, -0.2) is 16.0 Å². The van der Waals surface area contributed by atoms with E-state index in [1.54, 1.807) is 11.4 Å². The summed E-state index contributed by atoms with van der Waals surface area (Å²) in [5.41, 5.74) is 5.72. The molecule has 0 unspecified atom stereocenters. The van der Waals surface area contributed by atoms with Crippen LogP contribution in [0.25, 0.3) is 0 Å². The van der Waals surface area contributed by atoms with Crippen molar-refractivity contribution in [3.63, 3.8) is 0 Å². The van der Waals surface area contributed by atoms with E-state index in [-0.39, 0.29) is 12.5 Å². The molecule has 0 aliphatic rings. The van der Waals surface area contributed by atoms with Crippen LogP contribution in [-0.2, 0) is 6.54 Å². The lowest BCUT2D eigenvalue weighted by Crippen LogP contribution is -2.22. The van der Waals surface area contributed by atoms with Crippen LogP contribution in [0.1, 0.15) is 16.2 Å². The smallest absolute Gasteiger partial charge is 0.271 e. The Kier molecular flexibility index (Phi) is 2.64. The summed E-state index contributed by atoms with van der Waals surface area (Å²) in [6.07, 6.45) is 1.52. The van der Waals surface area contributed by atoms with Crippen LogP contribution in [0.15, 0.2) is 22.2 Å². The minimum atomic E-state index is -0.278. The Morgan fingerprint density at radius 3 is 3.13 bits per heavy atom. The molecule has 0 aliphatic heterocycles. The lowest BCUT2D eigenvalue weighted by atomic mass is 10.4. The van der Waals surface area contributed by atoms with E-state index in [2.05, 4.69) is 15.5 Å². The van der Waals surface area contributed by atoms with Crippen LogP contribution in [0.4, 0.5) is 5.13 Å². The van der Waals surface area contributed by atoms with E-state index in [0.717, 1.165) is 0 Å². The van der Waals surface area contributed by atoms with Crippen molar-refractivity contribution in [2.24, 2.45) is 0 Å². The van der Waals surface area contributed by atoms with Gasteiger partial charge in [0.15, 0.2) is 10.9 Å². The third-order valence-electron chi connectivity index (χ3n) is 1.67. The second-order valence-electron chi connectivity index (χ2n) is 2.73. The van der Waals surface area contributed by atoms with Crippen LogP contribution in [0.5, 0.6) is 0 Å². The van der Waals surface area contributed by atoms with Gasteiger partial charge in [0.25, 0.3) is 5.91 Å². The fourth-order valence-electron chi connectivity index (χ4n) is 0.983. The Morgan fingerprint density at radius 2 is 2.53 bits per heavy atom. The normalized spacial score (nSPS) is 10.1. The molecule has 78 valence electrons. The highest BCUT2D eigenvalue weighted by molar-refractivity contribution is 7.13. The molecule has 0 saturated heterocycles. The van der Waals surface area contributed by atoms with E-state index in [4.69, 9.17) is 10.3 Å². The number of nitrogens with one attached hydrogen (secondary N) is 1. The van der Waals surface area contributed by atoms with Gasteiger partial charge in [-0.3, -0.25) is 4.79 Å². The number of nitrogens with two attached hydrogens (primary N) is 1. The molecular formula is C8H8N4O2S. The molecule has 0 saturated carbocycles. The summed E-state index contributed by atoms with van der Waals surface area (Å²) in [7, 11) is 0. The minimum absolute atomic E-state index is 0.278. The Bertz CT molecular complexity index is 451. The highest BCUT2D eigenvalue weighted by Gasteiger charge is 2.09. The zero-order valence-electron chi connectivity index (χ0n) is 7.64. The van der Waals surface area contributed by atoms with Crippen molar-refractivity contribution in [2.75, 3.05) is 5.73 Å². The predicted molar refractivity (Wildman–Crippen MR) is 54.2 cm³/mol. The first-order valence-corrected chi connectivity index (χ1v) is 5.02. The van der Waals surface area contributed by atoms with Crippen molar-refractivity contribution in [3.8, 4) is 0 Å². The Hall–Kier alpha value is -1.89. The third-order valence-corrected chi connectivity index (χ3v) is 2.34. The van der Waals surface area contributed by atoms with Crippen molar-refractivity contribution in [2.45, 2.75) is 6.54 Å². The quantitative estimate of drug-likeness (QED) is 0.798. The second-order valence-corrected chi connectivity index (χ2v) is 3.62. The highest BCUT2D eigenvalue weighted by Crippen LogP contribution is 2.10. The van der Waals surface area contributed by atoms with Crippen LogP contribution in [0.2, 0.25) is 0 Å². The maximum Gasteiger partial charge on any atom is 0.271 e. The van der Waals surface area contributed by atoms with E-state index >= 15 is 0 Å². The van der Waals surface area contributed by atoms with Gasteiger partial charge in [0.2, 0.25) is 0 Å². The van der Waals surface area contributed by atoms with Crippen molar-refractivity contribution in [1.82, 2.24) is 15.5 Å². The van der Waals surface area contributed by atoms with Crippen molar-refractivity contribution in [1.29, 1.82) is 0 Å². The first kappa shape index (κ1) is 9.66. The SMILES string of the molecule is Nc1nc(C(=O)NCc2ccno2)cs1. The lowest BCUT2D eigenvalue weighted by Gasteiger charge is -1.98. The van der Waals surface area contributed by atoms with Crippen LogP contribution in [0.3, 0.4) is 0 Å². The highest BCUT2D eigenvalue weighted by atomic mass is 32.1. The summed E-state index contributed by atoms with van der Waals surface area (Å²) in [6, 6.07) is 1.68. The number of carbonyl (C=O) groups is 1. The second kappa shape index (κ2) is 4.09. The zero-order chi connectivity index (χ0) is 10.7. The molecule has 2 rings (SSSR count). The summed E-state index contributed by atoms with van der Waals surface area (Å²) in [5, 5.41) is 8.12. The molecular weight excluding hydrogens is 216 g/mol. The third kappa shape index (κ3) is 2.32. The number of nitrogens with zero attached hydrogens (tertiary/aromatic N) is 2. The number of rotatable bonds is 3. The fraction of sp³-hybridized carbons (Fsp3) is 0.125. The van der Waals surface area contributed by atoms with Gasteiger partial charge in [0.1, 0.15) is 5.69 Å². The van der Waals surface area contributed by atoms with Crippen LogP contribution < -0.4 is 11.1 Å². The topological polar surface area (TPSA) is 94.0 Å². The monoisotopic (exact) mass is 224 g/mol. The molecule has 0 fully saturated rings. The molecule has 6 nitrogen and oxygen atoms in total. The van der Waals surface area contributed by atoms with Gasteiger partial charge in [0.05, 0.1) is 12.7 Å². The maximum atomic E-state index is 11.5. The number of hydrogen-bond acceptors (Lipinski definition) is 6. The predicted octanol–water partition coefficient (Wildman–Crippen LogP) is 0.643. The standard InChI is InChI=1S/C8H8N4O2S/c9-8-12-6(4-15-8)7(13)10-3-5-1-2-11-14-5/h1-2,4H,3H2,(H2,9,12)(H,10,13). The molecule has 0 bridgehead atoms. The van der Waals surface area contributed by atoms with Gasteiger partial charge in [-0.05, 0) is 0 Å². The first-order chi connectivity index (χ1) is 7.25. The number of amides is 1. The van der Waals surface area contributed by atoms with Gasteiger partial charge < -0.3 is 15.6 Å². The van der Waals surface area contributed by atoms with Gasteiger partial charge >= 0.3 is 0 Å². The summed E-state index contributed by atoms with van der Waals surface area (Å²) in [5.74, 6) is 0.311. The number of hydrogen-bond donors (Lipinski definition) is 2. The molecule has 0 aliphatic carbocycles. The molecule has 0 aromatic carbocycles. The van der Waals surface area contributed by atoms with Gasteiger partial charge in [-0.15, -0.1) is 11.3 Å². The number of nitrogen functional groups attached to an aromatic ring is 1. The first-order valence-electron chi connectivity index (χ1n) is 4.14. The van der Waals surface area contributed by atoms with Gasteiger partial charge in [-0.1, -0.05) is 5.16 Å². The van der Waals surface area contributed by atoms with E-state index in [1.165, 1.54) is 17.5 Å². The molecule has 0 spiro atoms. The van der Waals surface area contributed by atoms with Crippen LogP contribution >= 0.6 is 11.3 Å². The average molecular weight is 224 g/mol. The fourth-order valence-corrected chi connectivity index (χ4v) is 1.53. The van der Waals surface area contributed by atoms with Gasteiger partial charge in [0, 0.05) is 11.4 Å². The molecule has 2 aromatic rings. The molecule has 2 heterocycles. The number of thiazole rings is 1. The largest absolute Gasteiger partial charge is 0.375 e. The van der Waals surface area contributed by atoms with E-state index < -0.39 is 0 Å². The summed E-state index contributed by atoms with van der Waals surface area (Å²) in [6.45, 7) is 0.288. The Balaban J connectivity index is 1.93. The number of carbonyl (C=O) groups excluding carboxylic acids is 1. The molecule has 7 heteroatoms. The maximum absolute atomic E-state index is 11.5. The van der Waals surface area contributed by atoms with E-state index in [9.17, 15) is 4.79 Å². The van der Waals surface area contributed by atoms with Gasteiger partial charge in [-0.25, -0.2) is 4.98 Å². The Morgan fingerprint density at radius 1 is 1.67 bits per heavy atom. The summed E-state index contributed by atoms with van der Waals surface area (Å²) >= 11 is 1.23. The van der Waals surface area contributed by atoms with Gasteiger partial charge in [-0.2, -0.15) is 0 Å². The van der Waals surface area contributed by atoms with E-state index in [0.29, 0.717) is 16.6 Å². The van der Waals surface area contributed by atoms with Crippen LogP contribution in [0, 0.1) is 0 Å². The molecule has 0 atom stereocenters. The lowest BCUT2D eigenvalue weighted by molar-refractivity contribution is 0.0943. The number of aromatic nitrogens is 2. The van der Waals surface area contributed by atoms with E-state index in [1.807, 2.05) is 0 Å². The molecule has 3 N–H and O–H groups in total.